The smallest absolute Gasteiger partial charge is 0.222 e. The molecule has 1 aliphatic heterocycles. The van der Waals surface area contributed by atoms with Crippen molar-refractivity contribution in [3.05, 3.63) is 29.8 Å². The van der Waals surface area contributed by atoms with Crippen LogP contribution < -0.4 is 10.2 Å². The SMILES string of the molecule is CC(C)C(=O)NCCCN1c2ccccc2C[C@@H]1C. The maximum atomic E-state index is 11.5. The quantitative estimate of drug-likeness (QED) is 0.825. The summed E-state index contributed by atoms with van der Waals surface area (Å²) < 4.78 is 0. The van der Waals surface area contributed by atoms with Crippen molar-refractivity contribution in [3.63, 3.8) is 0 Å². The van der Waals surface area contributed by atoms with Crippen LogP contribution in [-0.2, 0) is 11.2 Å². The molecule has 1 N–H and O–H groups in total. The van der Waals surface area contributed by atoms with Crippen LogP contribution >= 0.6 is 0 Å². The Morgan fingerprint density at radius 2 is 2.16 bits per heavy atom. The average Bonchev–Trinajstić information content (AvgIpc) is 2.70. The number of hydrogen-bond donors (Lipinski definition) is 1. The number of benzene rings is 1. The van der Waals surface area contributed by atoms with Crippen LogP contribution in [0.5, 0.6) is 0 Å². The van der Waals surface area contributed by atoms with Crippen LogP contribution in [0.1, 0.15) is 32.8 Å². The van der Waals surface area contributed by atoms with E-state index in [4.69, 9.17) is 0 Å². The lowest BCUT2D eigenvalue weighted by atomic mass is 10.1. The minimum Gasteiger partial charge on any atom is -0.368 e. The summed E-state index contributed by atoms with van der Waals surface area (Å²) in [6.07, 6.45) is 2.13. The van der Waals surface area contributed by atoms with Gasteiger partial charge in [0.2, 0.25) is 5.91 Å². The second-order valence-corrected chi connectivity index (χ2v) is 5.67. The topological polar surface area (TPSA) is 32.3 Å². The third-order valence-electron chi connectivity index (χ3n) is 3.75. The zero-order valence-corrected chi connectivity index (χ0v) is 12.1. The molecule has 0 saturated heterocycles. The average molecular weight is 260 g/mol. The Morgan fingerprint density at radius 1 is 1.42 bits per heavy atom. The van der Waals surface area contributed by atoms with E-state index in [-0.39, 0.29) is 11.8 Å². The fraction of sp³-hybridized carbons (Fsp3) is 0.562. The molecule has 1 atom stereocenters. The number of nitrogens with one attached hydrogen (secondary N) is 1. The number of carbonyl (C=O) groups is 1. The van der Waals surface area contributed by atoms with Gasteiger partial charge in [0.25, 0.3) is 0 Å². The molecule has 0 aromatic heterocycles. The maximum absolute atomic E-state index is 11.5. The molecule has 2 rings (SSSR count). The standard InChI is InChI=1S/C16H24N2O/c1-12(2)16(19)17-9-6-10-18-13(3)11-14-7-4-5-8-15(14)18/h4-5,7-8,12-13H,6,9-11H2,1-3H3,(H,17,19)/t13-/m0/s1. The lowest BCUT2D eigenvalue weighted by Crippen LogP contribution is -2.34. The first-order valence-electron chi connectivity index (χ1n) is 7.22. The highest BCUT2D eigenvalue weighted by Crippen LogP contribution is 2.31. The van der Waals surface area contributed by atoms with E-state index in [2.05, 4.69) is 41.4 Å². The van der Waals surface area contributed by atoms with Gasteiger partial charge in [0.1, 0.15) is 0 Å². The molecule has 0 spiro atoms. The first-order valence-corrected chi connectivity index (χ1v) is 7.22. The summed E-state index contributed by atoms with van der Waals surface area (Å²) in [4.78, 5) is 13.9. The lowest BCUT2D eigenvalue weighted by molar-refractivity contribution is -0.123. The van der Waals surface area contributed by atoms with Gasteiger partial charge in [-0.2, -0.15) is 0 Å². The molecule has 0 radical (unpaired) electrons. The zero-order valence-electron chi connectivity index (χ0n) is 12.1. The van der Waals surface area contributed by atoms with Gasteiger partial charge >= 0.3 is 0 Å². The summed E-state index contributed by atoms with van der Waals surface area (Å²) in [6.45, 7) is 7.90. The second kappa shape index (κ2) is 6.09. The van der Waals surface area contributed by atoms with E-state index in [1.54, 1.807) is 0 Å². The van der Waals surface area contributed by atoms with E-state index in [1.807, 2.05) is 13.8 Å². The normalized spacial score (nSPS) is 17.7. The van der Waals surface area contributed by atoms with Crippen molar-refractivity contribution in [1.82, 2.24) is 5.32 Å². The van der Waals surface area contributed by atoms with Crippen LogP contribution in [0.2, 0.25) is 0 Å². The van der Waals surface area contributed by atoms with E-state index in [0.717, 1.165) is 25.9 Å². The van der Waals surface area contributed by atoms with E-state index >= 15 is 0 Å². The molecule has 19 heavy (non-hydrogen) atoms. The summed E-state index contributed by atoms with van der Waals surface area (Å²) in [5, 5.41) is 2.98. The fourth-order valence-electron chi connectivity index (χ4n) is 2.64. The van der Waals surface area contributed by atoms with Gasteiger partial charge in [-0.3, -0.25) is 4.79 Å². The number of anilines is 1. The molecule has 1 heterocycles. The molecule has 0 bridgehead atoms. The van der Waals surface area contributed by atoms with Crippen molar-refractivity contribution in [3.8, 4) is 0 Å². The van der Waals surface area contributed by atoms with Gasteiger partial charge < -0.3 is 10.2 Å². The third kappa shape index (κ3) is 3.28. The summed E-state index contributed by atoms with van der Waals surface area (Å²) in [7, 11) is 0. The van der Waals surface area contributed by atoms with Crippen LogP contribution in [0.15, 0.2) is 24.3 Å². The summed E-state index contributed by atoms with van der Waals surface area (Å²) in [5.41, 5.74) is 2.81. The van der Waals surface area contributed by atoms with Crippen LogP contribution in [0, 0.1) is 5.92 Å². The molecular weight excluding hydrogens is 236 g/mol. The molecule has 0 saturated carbocycles. The number of nitrogens with zero attached hydrogens (tertiary/aromatic N) is 1. The number of carbonyl (C=O) groups excluding carboxylic acids is 1. The predicted octanol–water partition coefficient (Wildman–Crippen LogP) is 2.60. The third-order valence-corrected chi connectivity index (χ3v) is 3.75. The van der Waals surface area contributed by atoms with Crippen molar-refractivity contribution in [2.75, 3.05) is 18.0 Å². The predicted molar refractivity (Wildman–Crippen MR) is 79.4 cm³/mol. The van der Waals surface area contributed by atoms with Crippen LogP contribution in [0.3, 0.4) is 0 Å². The largest absolute Gasteiger partial charge is 0.368 e. The van der Waals surface area contributed by atoms with E-state index < -0.39 is 0 Å². The van der Waals surface area contributed by atoms with Crippen LogP contribution in [0.25, 0.3) is 0 Å². The highest BCUT2D eigenvalue weighted by Gasteiger charge is 2.24. The van der Waals surface area contributed by atoms with Gasteiger partial charge in [0.15, 0.2) is 0 Å². The summed E-state index contributed by atoms with van der Waals surface area (Å²) in [5.74, 6) is 0.223. The molecule has 3 nitrogen and oxygen atoms in total. The lowest BCUT2D eigenvalue weighted by Gasteiger charge is -2.25. The molecule has 1 aromatic carbocycles. The highest BCUT2D eigenvalue weighted by atomic mass is 16.1. The fourth-order valence-corrected chi connectivity index (χ4v) is 2.64. The molecule has 104 valence electrons. The first-order chi connectivity index (χ1) is 9.09. The van der Waals surface area contributed by atoms with E-state index in [0.29, 0.717) is 6.04 Å². The number of fused-ring (bicyclic) bond motifs is 1. The zero-order chi connectivity index (χ0) is 13.8. The van der Waals surface area contributed by atoms with Gasteiger partial charge in [0, 0.05) is 30.7 Å². The van der Waals surface area contributed by atoms with Gasteiger partial charge in [0.05, 0.1) is 0 Å². The Balaban J connectivity index is 1.82. The minimum absolute atomic E-state index is 0.0754. The Kier molecular flexibility index (Phi) is 4.46. The van der Waals surface area contributed by atoms with E-state index in [1.165, 1.54) is 11.3 Å². The Bertz CT molecular complexity index is 442. The van der Waals surface area contributed by atoms with Gasteiger partial charge in [-0.05, 0) is 31.4 Å². The van der Waals surface area contributed by atoms with Crippen molar-refractivity contribution >= 4 is 11.6 Å². The Hall–Kier alpha value is -1.51. The van der Waals surface area contributed by atoms with Crippen molar-refractivity contribution in [1.29, 1.82) is 0 Å². The monoisotopic (exact) mass is 260 g/mol. The molecular formula is C16H24N2O. The maximum Gasteiger partial charge on any atom is 0.222 e. The van der Waals surface area contributed by atoms with Gasteiger partial charge in [-0.1, -0.05) is 32.0 Å². The van der Waals surface area contributed by atoms with Crippen LogP contribution in [0.4, 0.5) is 5.69 Å². The van der Waals surface area contributed by atoms with E-state index in [9.17, 15) is 4.79 Å². The summed E-state index contributed by atoms with van der Waals surface area (Å²) >= 11 is 0. The van der Waals surface area contributed by atoms with Crippen molar-refractivity contribution in [2.24, 2.45) is 5.92 Å². The number of para-hydroxylation sites is 1. The molecule has 0 aliphatic carbocycles. The van der Waals surface area contributed by atoms with Gasteiger partial charge in [-0.25, -0.2) is 0 Å². The molecule has 1 aliphatic rings. The molecule has 1 aromatic rings. The minimum atomic E-state index is 0.0754. The Labute approximate surface area is 116 Å². The number of amides is 1. The Morgan fingerprint density at radius 3 is 2.89 bits per heavy atom. The molecule has 0 unspecified atom stereocenters. The van der Waals surface area contributed by atoms with Crippen molar-refractivity contribution < 1.29 is 4.79 Å². The number of rotatable bonds is 5. The summed E-state index contributed by atoms with van der Waals surface area (Å²) in [6, 6.07) is 9.19. The molecule has 0 fully saturated rings. The molecule has 3 heteroatoms. The first kappa shape index (κ1) is 13.9. The number of hydrogen-bond acceptors (Lipinski definition) is 2. The van der Waals surface area contributed by atoms with Gasteiger partial charge in [-0.15, -0.1) is 0 Å². The van der Waals surface area contributed by atoms with Crippen LogP contribution in [-0.4, -0.2) is 25.0 Å². The molecule has 1 amide bonds. The van der Waals surface area contributed by atoms with Crippen molar-refractivity contribution in [2.45, 2.75) is 39.7 Å². The highest BCUT2D eigenvalue weighted by molar-refractivity contribution is 5.77. The second-order valence-electron chi connectivity index (χ2n) is 5.67.